The van der Waals surface area contributed by atoms with Gasteiger partial charge in [-0.25, -0.2) is 0 Å². The van der Waals surface area contributed by atoms with Crippen LogP contribution in [0.1, 0.15) is 33.6 Å². The minimum absolute atomic E-state index is 0.145. The Morgan fingerprint density at radius 3 is 2.58 bits per heavy atom. The van der Waals surface area contributed by atoms with Gasteiger partial charge in [0.2, 0.25) is 0 Å². The van der Waals surface area contributed by atoms with E-state index in [-0.39, 0.29) is 36.6 Å². The van der Waals surface area contributed by atoms with E-state index in [9.17, 15) is 9.90 Å². The number of esters is 1. The van der Waals surface area contributed by atoms with E-state index in [2.05, 4.69) is 6.92 Å². The summed E-state index contributed by atoms with van der Waals surface area (Å²) < 4.78 is 10.7. The molecule has 1 aliphatic rings. The van der Waals surface area contributed by atoms with Crippen molar-refractivity contribution in [2.24, 2.45) is 17.8 Å². The molecular formula is C14H26O5. The van der Waals surface area contributed by atoms with Gasteiger partial charge in [0.05, 0.1) is 37.9 Å². The van der Waals surface area contributed by atoms with E-state index in [1.807, 2.05) is 6.92 Å². The van der Waals surface area contributed by atoms with Crippen LogP contribution < -0.4 is 0 Å². The molecule has 6 atom stereocenters. The fourth-order valence-electron chi connectivity index (χ4n) is 2.73. The number of carbonyl (C=O) groups is 1. The standard InChI is InChI=1S/C14H26O5/c1-8-5-6-12(10(3)14(17)18-4)19-13(8)9(2)11(16)7-15/h8-13,15-16H,5-7H2,1-4H3/t8-,9-,10-,11?,12-,13-/m0/s1. The van der Waals surface area contributed by atoms with Gasteiger partial charge in [0.1, 0.15) is 0 Å². The Bertz CT molecular complexity index is 294. The van der Waals surface area contributed by atoms with Gasteiger partial charge < -0.3 is 19.7 Å². The predicted octanol–water partition coefficient (Wildman–Crippen LogP) is 0.969. The van der Waals surface area contributed by atoms with E-state index < -0.39 is 6.10 Å². The molecule has 0 aliphatic carbocycles. The zero-order valence-corrected chi connectivity index (χ0v) is 12.2. The van der Waals surface area contributed by atoms with Gasteiger partial charge in [-0.05, 0) is 25.7 Å². The molecule has 0 aromatic rings. The van der Waals surface area contributed by atoms with E-state index in [1.54, 1.807) is 6.92 Å². The summed E-state index contributed by atoms with van der Waals surface area (Å²) in [7, 11) is 1.37. The number of carbonyl (C=O) groups excluding carboxylic acids is 1. The number of hydrogen-bond acceptors (Lipinski definition) is 5. The lowest BCUT2D eigenvalue weighted by molar-refractivity contribution is -0.168. The van der Waals surface area contributed by atoms with Crippen molar-refractivity contribution in [3.8, 4) is 0 Å². The minimum atomic E-state index is -0.792. The summed E-state index contributed by atoms with van der Waals surface area (Å²) in [5.41, 5.74) is 0. The Kier molecular flexibility index (Phi) is 6.23. The lowest BCUT2D eigenvalue weighted by Crippen LogP contribution is -2.46. The van der Waals surface area contributed by atoms with Gasteiger partial charge in [-0.15, -0.1) is 0 Å². The number of ether oxygens (including phenoxy) is 2. The Morgan fingerprint density at radius 1 is 1.42 bits per heavy atom. The lowest BCUT2D eigenvalue weighted by atomic mass is 9.82. The van der Waals surface area contributed by atoms with Crippen LogP contribution >= 0.6 is 0 Å². The van der Waals surface area contributed by atoms with E-state index in [0.29, 0.717) is 5.92 Å². The van der Waals surface area contributed by atoms with Gasteiger partial charge in [-0.3, -0.25) is 4.79 Å². The van der Waals surface area contributed by atoms with Gasteiger partial charge >= 0.3 is 5.97 Å². The Labute approximate surface area is 114 Å². The maximum Gasteiger partial charge on any atom is 0.311 e. The average molecular weight is 274 g/mol. The van der Waals surface area contributed by atoms with Crippen LogP contribution in [0.5, 0.6) is 0 Å². The fraction of sp³-hybridized carbons (Fsp3) is 0.929. The molecule has 0 aromatic carbocycles. The molecule has 1 rings (SSSR count). The van der Waals surface area contributed by atoms with Crippen molar-refractivity contribution in [3.63, 3.8) is 0 Å². The second-order valence-electron chi connectivity index (χ2n) is 5.61. The second kappa shape index (κ2) is 7.22. The highest BCUT2D eigenvalue weighted by molar-refractivity contribution is 5.72. The normalized spacial score (nSPS) is 32.4. The molecule has 1 fully saturated rings. The number of hydrogen-bond donors (Lipinski definition) is 2. The van der Waals surface area contributed by atoms with Crippen molar-refractivity contribution in [2.45, 2.75) is 51.9 Å². The molecule has 1 unspecified atom stereocenters. The summed E-state index contributed by atoms with van der Waals surface area (Å²) in [6.45, 7) is 5.47. The first kappa shape index (κ1) is 16.4. The quantitative estimate of drug-likeness (QED) is 0.731. The number of aliphatic hydroxyl groups excluding tert-OH is 2. The van der Waals surface area contributed by atoms with Crippen molar-refractivity contribution < 1.29 is 24.5 Å². The minimum Gasteiger partial charge on any atom is -0.469 e. The van der Waals surface area contributed by atoms with Gasteiger partial charge in [0.25, 0.3) is 0 Å². The van der Waals surface area contributed by atoms with Crippen molar-refractivity contribution in [1.82, 2.24) is 0 Å². The van der Waals surface area contributed by atoms with E-state index in [1.165, 1.54) is 7.11 Å². The van der Waals surface area contributed by atoms with Crippen LogP contribution in [0.4, 0.5) is 0 Å². The van der Waals surface area contributed by atoms with Crippen LogP contribution in [0.15, 0.2) is 0 Å². The molecule has 0 radical (unpaired) electrons. The highest BCUT2D eigenvalue weighted by Crippen LogP contribution is 2.33. The summed E-state index contributed by atoms with van der Waals surface area (Å²) in [4.78, 5) is 11.6. The third-order valence-corrected chi connectivity index (χ3v) is 4.24. The van der Waals surface area contributed by atoms with Gasteiger partial charge in [-0.2, -0.15) is 0 Å². The third kappa shape index (κ3) is 3.91. The van der Waals surface area contributed by atoms with Gasteiger partial charge in [0, 0.05) is 5.92 Å². The maximum absolute atomic E-state index is 11.6. The SMILES string of the molecule is COC(=O)[C@@H](C)[C@@H]1CC[C@H](C)[C@@H]([C@@H](C)C(O)CO)O1. The molecule has 0 amide bonds. The van der Waals surface area contributed by atoms with Crippen molar-refractivity contribution in [3.05, 3.63) is 0 Å². The average Bonchev–Trinajstić information content (AvgIpc) is 2.44. The molecule has 0 saturated carbocycles. The largest absolute Gasteiger partial charge is 0.469 e. The van der Waals surface area contributed by atoms with E-state index >= 15 is 0 Å². The summed E-state index contributed by atoms with van der Waals surface area (Å²) in [5, 5.41) is 18.8. The maximum atomic E-state index is 11.6. The van der Waals surface area contributed by atoms with Crippen LogP contribution in [0.2, 0.25) is 0 Å². The summed E-state index contributed by atoms with van der Waals surface area (Å²) in [6, 6.07) is 0. The second-order valence-corrected chi connectivity index (χ2v) is 5.61. The van der Waals surface area contributed by atoms with Crippen molar-refractivity contribution in [2.75, 3.05) is 13.7 Å². The molecular weight excluding hydrogens is 248 g/mol. The zero-order valence-electron chi connectivity index (χ0n) is 12.2. The monoisotopic (exact) mass is 274 g/mol. The van der Waals surface area contributed by atoms with Crippen molar-refractivity contribution in [1.29, 1.82) is 0 Å². The molecule has 0 bridgehead atoms. The Hall–Kier alpha value is -0.650. The molecule has 1 saturated heterocycles. The summed E-state index contributed by atoms with van der Waals surface area (Å²) >= 11 is 0. The fourth-order valence-corrected chi connectivity index (χ4v) is 2.73. The molecule has 5 heteroatoms. The van der Waals surface area contributed by atoms with Gasteiger partial charge in [-0.1, -0.05) is 13.8 Å². The number of rotatable bonds is 5. The summed E-state index contributed by atoms with van der Waals surface area (Å²) in [5.74, 6) is -0.433. The first-order valence-electron chi connectivity index (χ1n) is 6.94. The summed E-state index contributed by atoms with van der Waals surface area (Å²) in [6.07, 6.45) is 0.643. The van der Waals surface area contributed by atoms with Crippen LogP contribution in [-0.4, -0.2) is 48.2 Å². The molecule has 2 N–H and O–H groups in total. The molecule has 19 heavy (non-hydrogen) atoms. The topological polar surface area (TPSA) is 76.0 Å². The third-order valence-electron chi connectivity index (χ3n) is 4.24. The molecule has 0 aromatic heterocycles. The number of methoxy groups -OCH3 is 1. The lowest BCUT2D eigenvalue weighted by Gasteiger charge is -2.40. The van der Waals surface area contributed by atoms with Gasteiger partial charge in [0.15, 0.2) is 0 Å². The van der Waals surface area contributed by atoms with Crippen LogP contribution in [0.3, 0.4) is 0 Å². The number of aliphatic hydroxyl groups is 2. The molecule has 0 spiro atoms. The molecule has 1 aliphatic heterocycles. The van der Waals surface area contributed by atoms with E-state index in [0.717, 1.165) is 12.8 Å². The zero-order chi connectivity index (χ0) is 14.6. The Morgan fingerprint density at radius 2 is 2.05 bits per heavy atom. The molecule has 112 valence electrons. The highest BCUT2D eigenvalue weighted by atomic mass is 16.5. The van der Waals surface area contributed by atoms with Crippen LogP contribution in [0.25, 0.3) is 0 Å². The van der Waals surface area contributed by atoms with Crippen LogP contribution in [0, 0.1) is 17.8 Å². The Balaban J connectivity index is 2.69. The van der Waals surface area contributed by atoms with Crippen molar-refractivity contribution >= 4 is 5.97 Å². The first-order chi connectivity index (χ1) is 8.92. The van der Waals surface area contributed by atoms with Crippen LogP contribution in [-0.2, 0) is 14.3 Å². The predicted molar refractivity (Wildman–Crippen MR) is 70.5 cm³/mol. The molecule has 5 nitrogen and oxygen atoms in total. The van der Waals surface area contributed by atoms with E-state index in [4.69, 9.17) is 14.6 Å². The first-order valence-corrected chi connectivity index (χ1v) is 6.94. The highest BCUT2D eigenvalue weighted by Gasteiger charge is 2.38. The smallest absolute Gasteiger partial charge is 0.311 e. The molecule has 1 heterocycles.